The maximum atomic E-state index is 15.1. The molecule has 4 aromatic rings. The van der Waals surface area contributed by atoms with Gasteiger partial charge in [0, 0.05) is 47.6 Å². The van der Waals surface area contributed by atoms with Crippen LogP contribution in [0.1, 0.15) is 18.1 Å². The van der Waals surface area contributed by atoms with Gasteiger partial charge < -0.3 is 25.4 Å². The fourth-order valence-electron chi connectivity index (χ4n) is 4.31. The first-order valence-electron chi connectivity index (χ1n) is 12.5. The Morgan fingerprint density at radius 3 is 2.56 bits per heavy atom. The maximum Gasteiger partial charge on any atom is 0.325 e. The van der Waals surface area contributed by atoms with Crippen LogP contribution in [0.3, 0.4) is 0 Å². The van der Waals surface area contributed by atoms with Crippen molar-refractivity contribution in [1.82, 2.24) is 9.97 Å². The van der Waals surface area contributed by atoms with E-state index in [1.54, 1.807) is 48.5 Å². The van der Waals surface area contributed by atoms with Gasteiger partial charge in [-0.2, -0.15) is 0 Å². The van der Waals surface area contributed by atoms with E-state index in [-0.39, 0.29) is 41.3 Å². The number of nitrogens with zero attached hydrogens (tertiary/aromatic N) is 3. The highest BCUT2D eigenvalue weighted by Crippen LogP contribution is 2.44. The summed E-state index contributed by atoms with van der Waals surface area (Å²) in [6.45, 7) is 6.16. The summed E-state index contributed by atoms with van der Waals surface area (Å²) < 4.78 is 39.5. The topological polar surface area (TPSA) is 103 Å². The molecule has 0 spiro atoms. The average Bonchev–Trinajstić information content (AvgIpc) is 2.95. The average molecular weight is 576 g/mol. The molecule has 0 unspecified atom stereocenters. The van der Waals surface area contributed by atoms with E-state index in [2.05, 4.69) is 21.9 Å². The number of carbonyl (C=O) groups is 1. The number of ether oxygens (including phenoxy) is 2. The van der Waals surface area contributed by atoms with Crippen LogP contribution in [0.4, 0.5) is 31.8 Å². The molecule has 0 radical (unpaired) electrons. The van der Waals surface area contributed by atoms with Gasteiger partial charge in [-0.1, -0.05) is 30.3 Å². The lowest BCUT2D eigenvalue weighted by Crippen LogP contribution is -2.29. The molecule has 2 aromatic carbocycles. The predicted molar refractivity (Wildman–Crippen MR) is 155 cm³/mol. The van der Waals surface area contributed by atoms with E-state index >= 15 is 4.39 Å². The lowest BCUT2D eigenvalue weighted by atomic mass is 9.90. The SMILES string of the molecule is C=C1C(c2ccc(F)cc2)=CN(CC(=O)OCC)c2ccnc(Nc3ccc(Oc4ccnc(N)c4Cl)c(F)c3)c21. The number of benzene rings is 2. The number of nitrogens with two attached hydrogens (primary N) is 1. The van der Waals surface area contributed by atoms with Crippen molar-refractivity contribution < 1.29 is 23.0 Å². The molecule has 0 bridgehead atoms. The summed E-state index contributed by atoms with van der Waals surface area (Å²) >= 11 is 6.12. The van der Waals surface area contributed by atoms with Crippen molar-refractivity contribution in [3.05, 3.63) is 108 Å². The van der Waals surface area contributed by atoms with Crippen LogP contribution >= 0.6 is 11.6 Å². The van der Waals surface area contributed by atoms with Crippen molar-refractivity contribution in [3.63, 3.8) is 0 Å². The summed E-state index contributed by atoms with van der Waals surface area (Å²) in [5, 5.41) is 3.22. The molecule has 1 aliphatic rings. The normalized spacial score (nSPS) is 12.4. The largest absolute Gasteiger partial charge is 0.465 e. The molecule has 0 aliphatic carbocycles. The number of hydrogen-bond donors (Lipinski definition) is 2. The predicted octanol–water partition coefficient (Wildman–Crippen LogP) is 6.96. The highest BCUT2D eigenvalue weighted by molar-refractivity contribution is 6.34. The molecule has 0 saturated carbocycles. The molecule has 0 fully saturated rings. The van der Waals surface area contributed by atoms with Gasteiger partial charge in [-0.25, -0.2) is 18.7 Å². The van der Waals surface area contributed by atoms with Crippen molar-refractivity contribution in [2.24, 2.45) is 0 Å². The fourth-order valence-corrected chi connectivity index (χ4v) is 4.46. The van der Waals surface area contributed by atoms with Gasteiger partial charge in [0.25, 0.3) is 0 Å². The number of allylic oxidation sites excluding steroid dienone is 2. The van der Waals surface area contributed by atoms with Gasteiger partial charge in [-0.3, -0.25) is 4.79 Å². The molecule has 41 heavy (non-hydrogen) atoms. The minimum absolute atomic E-state index is 0.0640. The van der Waals surface area contributed by atoms with E-state index in [1.165, 1.54) is 36.5 Å². The Morgan fingerprint density at radius 1 is 1.07 bits per heavy atom. The molecule has 8 nitrogen and oxygen atoms in total. The lowest BCUT2D eigenvalue weighted by Gasteiger charge is -2.31. The Labute approximate surface area is 239 Å². The summed E-state index contributed by atoms with van der Waals surface area (Å²) in [7, 11) is 0. The molecule has 5 rings (SSSR count). The Hall–Kier alpha value is -4.96. The second-order valence-electron chi connectivity index (χ2n) is 8.90. The number of halogens is 3. The van der Waals surface area contributed by atoms with E-state index in [0.717, 1.165) is 0 Å². The summed E-state index contributed by atoms with van der Waals surface area (Å²) in [5.41, 5.74) is 9.21. The number of anilines is 4. The molecule has 0 amide bonds. The van der Waals surface area contributed by atoms with E-state index in [1.807, 2.05) is 0 Å². The Balaban J connectivity index is 1.49. The Bertz CT molecular complexity index is 1680. The van der Waals surface area contributed by atoms with Crippen LogP contribution in [0.2, 0.25) is 5.02 Å². The molecule has 2 aromatic heterocycles. The number of carbonyl (C=O) groups excluding carboxylic acids is 1. The van der Waals surface area contributed by atoms with Crippen LogP contribution in [-0.2, 0) is 9.53 Å². The minimum Gasteiger partial charge on any atom is -0.465 e. The zero-order valence-corrected chi connectivity index (χ0v) is 22.6. The van der Waals surface area contributed by atoms with E-state index in [0.29, 0.717) is 39.5 Å². The number of nitrogen functional groups attached to an aromatic ring is 1. The van der Waals surface area contributed by atoms with Crippen molar-refractivity contribution in [1.29, 1.82) is 0 Å². The van der Waals surface area contributed by atoms with Crippen LogP contribution in [0.25, 0.3) is 11.1 Å². The Morgan fingerprint density at radius 2 is 1.83 bits per heavy atom. The number of esters is 1. The molecule has 3 heterocycles. The van der Waals surface area contributed by atoms with Gasteiger partial charge in [-0.15, -0.1) is 0 Å². The number of rotatable bonds is 8. The third-order valence-corrected chi connectivity index (χ3v) is 6.59. The molecule has 1 aliphatic heterocycles. The zero-order valence-electron chi connectivity index (χ0n) is 21.8. The van der Waals surface area contributed by atoms with Gasteiger partial charge >= 0.3 is 5.97 Å². The molecule has 11 heteroatoms. The van der Waals surface area contributed by atoms with Crippen molar-refractivity contribution in [3.8, 4) is 11.5 Å². The fraction of sp³-hybridized carbons (Fsp3) is 0.100. The first-order chi connectivity index (χ1) is 19.7. The lowest BCUT2D eigenvalue weighted by molar-refractivity contribution is -0.141. The van der Waals surface area contributed by atoms with Gasteiger partial charge in [0.2, 0.25) is 0 Å². The first-order valence-corrected chi connectivity index (χ1v) is 12.9. The standard InChI is InChI=1S/C30H24ClF2N5O3/c1-3-40-26(39)16-38-15-21(18-4-6-19(32)7-5-18)17(2)27-23(38)10-12-36-30(27)37-20-8-9-24(22(33)14-20)41-25-11-13-35-29(34)28(25)31/h4-15H,2-3,16H2,1H3,(H2,34,35)(H,36,37). The number of hydrogen-bond acceptors (Lipinski definition) is 8. The van der Waals surface area contributed by atoms with Crippen LogP contribution in [-0.4, -0.2) is 29.1 Å². The van der Waals surface area contributed by atoms with Gasteiger partial charge in [-0.05, 0) is 48.4 Å². The summed E-state index contributed by atoms with van der Waals surface area (Å²) in [6.07, 6.45) is 4.73. The van der Waals surface area contributed by atoms with Crippen molar-refractivity contribution >= 4 is 51.7 Å². The molecule has 208 valence electrons. The van der Waals surface area contributed by atoms with Crippen LogP contribution in [0.5, 0.6) is 11.5 Å². The molecule has 0 saturated heterocycles. The van der Waals surface area contributed by atoms with Crippen molar-refractivity contribution in [2.75, 3.05) is 29.1 Å². The second-order valence-corrected chi connectivity index (χ2v) is 9.27. The summed E-state index contributed by atoms with van der Waals surface area (Å²) in [5.74, 6) is -0.955. The number of nitrogens with one attached hydrogen (secondary N) is 1. The highest BCUT2D eigenvalue weighted by atomic mass is 35.5. The number of pyridine rings is 2. The quantitative estimate of drug-likeness (QED) is 0.217. The minimum atomic E-state index is -0.666. The third kappa shape index (κ3) is 5.82. The van der Waals surface area contributed by atoms with E-state index in [9.17, 15) is 9.18 Å². The third-order valence-electron chi connectivity index (χ3n) is 6.21. The second kappa shape index (κ2) is 11.6. The summed E-state index contributed by atoms with van der Waals surface area (Å²) in [4.78, 5) is 22.5. The van der Waals surface area contributed by atoms with E-state index in [4.69, 9.17) is 26.8 Å². The number of aromatic nitrogens is 2. The Kier molecular flexibility index (Phi) is 7.84. The number of fused-ring (bicyclic) bond motifs is 1. The molecular weight excluding hydrogens is 552 g/mol. The first kappa shape index (κ1) is 27.6. The van der Waals surface area contributed by atoms with E-state index < -0.39 is 11.8 Å². The maximum absolute atomic E-state index is 15.1. The molecule has 0 atom stereocenters. The molecular formula is C30H24ClF2N5O3. The smallest absolute Gasteiger partial charge is 0.325 e. The van der Waals surface area contributed by atoms with Crippen LogP contribution < -0.4 is 20.7 Å². The summed E-state index contributed by atoms with van der Waals surface area (Å²) in [6, 6.07) is 13.4. The zero-order chi connectivity index (χ0) is 29.1. The van der Waals surface area contributed by atoms with Crippen LogP contribution in [0.15, 0.2) is 79.8 Å². The van der Waals surface area contributed by atoms with Gasteiger partial charge in [0.15, 0.2) is 17.3 Å². The monoisotopic (exact) mass is 575 g/mol. The highest BCUT2D eigenvalue weighted by Gasteiger charge is 2.27. The van der Waals surface area contributed by atoms with Gasteiger partial charge in [0.05, 0.1) is 12.3 Å². The van der Waals surface area contributed by atoms with Gasteiger partial charge in [0.1, 0.15) is 29.0 Å². The van der Waals surface area contributed by atoms with Crippen molar-refractivity contribution in [2.45, 2.75) is 6.92 Å². The van der Waals surface area contributed by atoms with Crippen LogP contribution in [0, 0.1) is 11.6 Å². The molecule has 3 N–H and O–H groups in total.